The molecule has 3 saturated heterocycles. The van der Waals surface area contributed by atoms with Gasteiger partial charge in [-0.1, -0.05) is 32.6 Å². The smallest absolute Gasteiger partial charge is 0.317 e. The van der Waals surface area contributed by atoms with Crippen LogP contribution in [0.1, 0.15) is 77.6 Å². The number of nitrogens with zero attached hydrogens (tertiary/aromatic N) is 5. The first-order chi connectivity index (χ1) is 16.7. The number of hydrogen-bond acceptors (Lipinski definition) is 6. The normalized spacial score (nSPS) is 22.9. The maximum atomic E-state index is 12.4. The molecule has 1 atom stereocenters. The fourth-order valence-corrected chi connectivity index (χ4v) is 5.65. The van der Waals surface area contributed by atoms with Crippen LogP contribution in [0.15, 0.2) is 12.3 Å². The van der Waals surface area contributed by atoms with Crippen molar-refractivity contribution in [2.45, 2.75) is 89.6 Å². The van der Waals surface area contributed by atoms with Crippen LogP contribution in [0.2, 0.25) is 0 Å². The highest BCUT2D eigenvalue weighted by atomic mass is 16.2. The molecule has 0 spiro atoms. The van der Waals surface area contributed by atoms with Gasteiger partial charge in [0.15, 0.2) is 0 Å². The maximum Gasteiger partial charge on any atom is 0.317 e. The van der Waals surface area contributed by atoms with Crippen LogP contribution in [0.25, 0.3) is 0 Å². The van der Waals surface area contributed by atoms with Crippen molar-refractivity contribution < 1.29 is 4.79 Å². The van der Waals surface area contributed by atoms with Gasteiger partial charge < -0.3 is 20.4 Å². The van der Waals surface area contributed by atoms with Gasteiger partial charge in [0, 0.05) is 57.5 Å². The number of carbonyl (C=O) groups is 1. The summed E-state index contributed by atoms with van der Waals surface area (Å²) in [6.45, 7) is 9.10. The number of urea groups is 1. The second-order valence-corrected chi connectivity index (χ2v) is 10.3. The average Bonchev–Trinajstić information content (AvgIpc) is 3.17. The highest BCUT2D eigenvalue weighted by Crippen LogP contribution is 2.23. The van der Waals surface area contributed by atoms with Gasteiger partial charge in [-0.25, -0.2) is 9.78 Å². The minimum Gasteiger partial charge on any atom is -0.356 e. The Bertz CT molecular complexity index is 744. The van der Waals surface area contributed by atoms with Gasteiger partial charge >= 0.3 is 6.03 Å². The van der Waals surface area contributed by atoms with Gasteiger partial charge in [-0.2, -0.15) is 4.98 Å². The maximum absolute atomic E-state index is 12.4. The van der Waals surface area contributed by atoms with Crippen LogP contribution in [0.3, 0.4) is 0 Å². The summed E-state index contributed by atoms with van der Waals surface area (Å²) in [7, 11) is 0. The molecule has 0 aromatic carbocycles. The van der Waals surface area contributed by atoms with E-state index in [1.807, 2.05) is 11.1 Å². The van der Waals surface area contributed by atoms with E-state index in [9.17, 15) is 4.79 Å². The van der Waals surface area contributed by atoms with Crippen molar-refractivity contribution in [2.75, 3.05) is 56.0 Å². The molecule has 0 radical (unpaired) electrons. The third-order valence-corrected chi connectivity index (χ3v) is 7.68. The molecule has 2 N–H and O–H groups in total. The zero-order valence-corrected chi connectivity index (χ0v) is 21.2. The summed E-state index contributed by atoms with van der Waals surface area (Å²) in [6, 6.07) is 3.12. The molecule has 3 fully saturated rings. The quantitative estimate of drug-likeness (QED) is 0.556. The molecule has 190 valence electrons. The van der Waals surface area contributed by atoms with E-state index in [2.05, 4.69) is 38.4 Å². The average molecular weight is 472 g/mol. The van der Waals surface area contributed by atoms with E-state index in [-0.39, 0.29) is 6.03 Å². The number of rotatable bonds is 8. The van der Waals surface area contributed by atoms with E-state index in [1.165, 1.54) is 44.9 Å². The van der Waals surface area contributed by atoms with Gasteiger partial charge in [-0.3, -0.25) is 4.90 Å². The fraction of sp³-hybridized carbons (Fsp3) is 0.808. The lowest BCUT2D eigenvalue weighted by Crippen LogP contribution is -2.53. The summed E-state index contributed by atoms with van der Waals surface area (Å²) in [6.07, 6.45) is 15.0. The van der Waals surface area contributed by atoms with Crippen molar-refractivity contribution in [2.24, 2.45) is 0 Å². The third kappa shape index (κ3) is 7.20. The summed E-state index contributed by atoms with van der Waals surface area (Å²) in [5.74, 6) is 1.83. The summed E-state index contributed by atoms with van der Waals surface area (Å²) < 4.78 is 0. The summed E-state index contributed by atoms with van der Waals surface area (Å²) in [4.78, 5) is 28.9. The van der Waals surface area contributed by atoms with Crippen molar-refractivity contribution in [1.29, 1.82) is 0 Å². The molecule has 1 unspecified atom stereocenters. The third-order valence-electron chi connectivity index (χ3n) is 7.68. The molecule has 0 saturated carbocycles. The first-order valence-corrected chi connectivity index (χ1v) is 13.8. The molecule has 8 nitrogen and oxygen atoms in total. The van der Waals surface area contributed by atoms with Crippen molar-refractivity contribution in [3.05, 3.63) is 12.3 Å². The molecule has 0 aliphatic carbocycles. The van der Waals surface area contributed by atoms with E-state index in [0.29, 0.717) is 12.1 Å². The molecule has 4 rings (SSSR count). The van der Waals surface area contributed by atoms with Gasteiger partial charge in [-0.05, 0) is 57.6 Å². The Morgan fingerprint density at radius 1 is 1.00 bits per heavy atom. The Morgan fingerprint density at radius 2 is 1.79 bits per heavy atom. The number of likely N-dealkylation sites (tertiary alicyclic amines) is 2. The Labute approximate surface area is 205 Å². The Hall–Kier alpha value is -2.09. The second kappa shape index (κ2) is 13.1. The zero-order chi connectivity index (χ0) is 23.6. The molecule has 0 bridgehead atoms. The Balaban J connectivity index is 1.23. The SMILES string of the molecule is CCCCCNC(=O)N1CCC(N2CCCC(Nc3nccc(N4CCCCCC4)n3)C2)CC1. The van der Waals surface area contributed by atoms with E-state index >= 15 is 0 Å². The minimum atomic E-state index is 0.120. The number of amides is 2. The lowest BCUT2D eigenvalue weighted by atomic mass is 9.98. The molecule has 8 heteroatoms. The van der Waals surface area contributed by atoms with E-state index < -0.39 is 0 Å². The van der Waals surface area contributed by atoms with E-state index in [1.54, 1.807) is 0 Å². The number of piperidine rings is 2. The molecule has 1 aromatic rings. The largest absolute Gasteiger partial charge is 0.356 e. The van der Waals surface area contributed by atoms with Crippen LogP contribution in [0.5, 0.6) is 0 Å². The highest BCUT2D eigenvalue weighted by molar-refractivity contribution is 5.74. The van der Waals surface area contributed by atoms with Crippen molar-refractivity contribution in [3.8, 4) is 0 Å². The fourth-order valence-electron chi connectivity index (χ4n) is 5.65. The van der Waals surface area contributed by atoms with Crippen molar-refractivity contribution in [3.63, 3.8) is 0 Å². The molecular formula is C26H45N7O. The summed E-state index contributed by atoms with van der Waals surface area (Å²) in [5.41, 5.74) is 0. The van der Waals surface area contributed by atoms with Crippen LogP contribution in [-0.2, 0) is 0 Å². The lowest BCUT2D eigenvalue weighted by Gasteiger charge is -2.42. The first kappa shape index (κ1) is 25.0. The molecular weight excluding hydrogens is 426 g/mol. The van der Waals surface area contributed by atoms with Gasteiger partial charge in [0.2, 0.25) is 5.95 Å². The molecule has 2 amide bonds. The number of aromatic nitrogens is 2. The molecule has 34 heavy (non-hydrogen) atoms. The van der Waals surface area contributed by atoms with Crippen LogP contribution < -0.4 is 15.5 Å². The predicted octanol–water partition coefficient (Wildman–Crippen LogP) is 4.10. The Morgan fingerprint density at radius 3 is 2.56 bits per heavy atom. The second-order valence-electron chi connectivity index (χ2n) is 10.3. The molecule has 3 aliphatic rings. The number of unbranched alkanes of at least 4 members (excludes halogenated alkanes) is 2. The monoisotopic (exact) mass is 471 g/mol. The Kier molecular flexibility index (Phi) is 9.65. The highest BCUT2D eigenvalue weighted by Gasteiger charge is 2.30. The van der Waals surface area contributed by atoms with Gasteiger partial charge in [-0.15, -0.1) is 0 Å². The number of carbonyl (C=O) groups excluding carboxylic acids is 1. The first-order valence-electron chi connectivity index (χ1n) is 13.8. The number of anilines is 2. The van der Waals surface area contributed by atoms with Crippen LogP contribution in [-0.4, -0.2) is 83.7 Å². The van der Waals surface area contributed by atoms with E-state index in [4.69, 9.17) is 4.98 Å². The topological polar surface area (TPSA) is 76.6 Å². The summed E-state index contributed by atoms with van der Waals surface area (Å²) >= 11 is 0. The zero-order valence-electron chi connectivity index (χ0n) is 21.2. The van der Waals surface area contributed by atoms with Gasteiger partial charge in [0.25, 0.3) is 0 Å². The van der Waals surface area contributed by atoms with Crippen molar-refractivity contribution in [1.82, 2.24) is 25.1 Å². The molecule has 1 aromatic heterocycles. The lowest BCUT2D eigenvalue weighted by molar-refractivity contribution is 0.0968. The minimum absolute atomic E-state index is 0.120. The van der Waals surface area contributed by atoms with Crippen LogP contribution >= 0.6 is 0 Å². The van der Waals surface area contributed by atoms with Gasteiger partial charge in [0.1, 0.15) is 5.82 Å². The van der Waals surface area contributed by atoms with Gasteiger partial charge in [0.05, 0.1) is 0 Å². The van der Waals surface area contributed by atoms with Crippen LogP contribution in [0.4, 0.5) is 16.6 Å². The number of nitrogens with one attached hydrogen (secondary N) is 2. The van der Waals surface area contributed by atoms with Crippen molar-refractivity contribution >= 4 is 17.8 Å². The summed E-state index contributed by atoms with van der Waals surface area (Å²) in [5, 5.41) is 6.73. The standard InChI is InChI=1S/C26H45N7O/c1-2-3-6-14-28-26(34)32-19-12-23(13-20-32)33-18-9-10-22(21-33)29-25-27-15-11-24(30-25)31-16-7-4-5-8-17-31/h11,15,22-23H,2-10,12-14,16-21H2,1H3,(H,28,34)(H,27,29,30). The predicted molar refractivity (Wildman–Crippen MR) is 138 cm³/mol. The molecule has 3 aliphatic heterocycles. The molecule has 4 heterocycles. The van der Waals surface area contributed by atoms with Crippen LogP contribution in [0, 0.1) is 0 Å². The number of hydrogen-bond donors (Lipinski definition) is 2. The van der Waals surface area contributed by atoms with E-state index in [0.717, 1.165) is 83.3 Å².